The lowest BCUT2D eigenvalue weighted by Gasteiger charge is -2.36. The number of ketones is 1. The third kappa shape index (κ3) is 3.81. The van der Waals surface area contributed by atoms with Crippen LogP contribution in [0.3, 0.4) is 0 Å². The maximum absolute atomic E-state index is 13.4. The molecule has 0 amide bonds. The molecule has 28 heavy (non-hydrogen) atoms. The zero-order valence-electron chi connectivity index (χ0n) is 16.2. The van der Waals surface area contributed by atoms with Gasteiger partial charge in [-0.25, -0.2) is 0 Å². The molecule has 0 radical (unpaired) electrons. The molecule has 2 aromatic rings. The summed E-state index contributed by atoms with van der Waals surface area (Å²) in [4.78, 5) is 37.0. The van der Waals surface area contributed by atoms with Gasteiger partial charge in [-0.3, -0.25) is 19.7 Å². The smallest absolute Gasteiger partial charge is 0.320 e. The van der Waals surface area contributed by atoms with E-state index < -0.39 is 21.9 Å². The zero-order valence-corrected chi connectivity index (χ0v) is 16.2. The van der Waals surface area contributed by atoms with E-state index in [4.69, 9.17) is 4.74 Å². The van der Waals surface area contributed by atoms with E-state index in [-0.39, 0.29) is 17.9 Å². The number of benzene rings is 2. The summed E-state index contributed by atoms with van der Waals surface area (Å²) in [7, 11) is 0. The summed E-state index contributed by atoms with van der Waals surface area (Å²) in [6, 6.07) is 13.3. The van der Waals surface area contributed by atoms with Crippen LogP contribution in [0, 0.1) is 15.5 Å². The van der Waals surface area contributed by atoms with Crippen LogP contribution >= 0.6 is 0 Å². The van der Waals surface area contributed by atoms with E-state index in [0.29, 0.717) is 24.0 Å². The number of ether oxygens (including phenoxy) is 1. The van der Waals surface area contributed by atoms with E-state index in [1.165, 1.54) is 12.1 Å². The maximum Gasteiger partial charge on any atom is 0.320 e. The molecule has 3 rings (SSSR count). The number of rotatable bonds is 4. The number of carbonyl (C=O) groups excluding carboxylic acids is 2. The molecule has 0 fully saturated rings. The lowest BCUT2D eigenvalue weighted by atomic mass is 9.67. The minimum atomic E-state index is -1.34. The topological polar surface area (TPSA) is 86.5 Å². The maximum atomic E-state index is 13.4. The molecule has 146 valence electrons. The number of Topliss-reactive ketones (excluding diaryl/α,β-unsaturated/α-hetero) is 1. The Morgan fingerprint density at radius 2 is 1.79 bits per heavy atom. The van der Waals surface area contributed by atoms with Crippen molar-refractivity contribution in [2.75, 3.05) is 0 Å². The standard InChI is InChI=1S/C22H23NO5/c1-21(2,3)28-20(25)22(14-15-8-10-17(11-9-15)23(26)27)13-12-16-6-4-5-7-18(16)19(22)24/h4-11H,12-14H2,1-3H3/t22-/m0/s1. The summed E-state index contributed by atoms with van der Waals surface area (Å²) in [6.07, 6.45) is 1.08. The summed E-state index contributed by atoms with van der Waals surface area (Å²) in [5, 5.41) is 10.9. The van der Waals surface area contributed by atoms with Crippen LogP contribution in [0.4, 0.5) is 5.69 Å². The highest BCUT2D eigenvalue weighted by Crippen LogP contribution is 2.40. The van der Waals surface area contributed by atoms with Crippen molar-refractivity contribution in [1.29, 1.82) is 0 Å². The Morgan fingerprint density at radius 3 is 2.39 bits per heavy atom. The lowest BCUT2D eigenvalue weighted by molar-refractivity contribution is -0.384. The van der Waals surface area contributed by atoms with Crippen LogP contribution in [0.25, 0.3) is 0 Å². The molecule has 0 aliphatic heterocycles. The number of hydrogen-bond acceptors (Lipinski definition) is 5. The third-order valence-corrected chi connectivity index (χ3v) is 4.96. The normalized spacial score (nSPS) is 19.0. The predicted octanol–water partition coefficient (Wildman–Crippen LogP) is 4.29. The van der Waals surface area contributed by atoms with E-state index in [0.717, 1.165) is 5.56 Å². The monoisotopic (exact) mass is 381 g/mol. The van der Waals surface area contributed by atoms with Crippen LogP contribution in [0.5, 0.6) is 0 Å². The van der Waals surface area contributed by atoms with Gasteiger partial charge in [-0.1, -0.05) is 36.4 Å². The SMILES string of the molecule is CC(C)(C)OC(=O)[C@]1(Cc2ccc([N+](=O)[O-])cc2)CCc2ccccc2C1=O. The van der Waals surface area contributed by atoms with E-state index in [1.54, 1.807) is 45.0 Å². The van der Waals surface area contributed by atoms with Gasteiger partial charge in [-0.15, -0.1) is 0 Å². The molecule has 0 saturated carbocycles. The van der Waals surface area contributed by atoms with Crippen LogP contribution in [0.2, 0.25) is 0 Å². The Hall–Kier alpha value is -3.02. The van der Waals surface area contributed by atoms with Crippen LogP contribution < -0.4 is 0 Å². The quantitative estimate of drug-likeness (QED) is 0.341. The highest BCUT2D eigenvalue weighted by atomic mass is 16.6. The Balaban J connectivity index is 2.02. The second kappa shape index (κ2) is 7.19. The fourth-order valence-corrected chi connectivity index (χ4v) is 3.57. The van der Waals surface area contributed by atoms with Crippen molar-refractivity contribution in [3.63, 3.8) is 0 Å². The van der Waals surface area contributed by atoms with Gasteiger partial charge in [0.1, 0.15) is 11.0 Å². The van der Waals surface area contributed by atoms with Crippen molar-refractivity contribution in [3.05, 3.63) is 75.3 Å². The molecular formula is C22H23NO5. The third-order valence-electron chi connectivity index (χ3n) is 4.96. The Kier molecular flexibility index (Phi) is 5.06. The molecule has 2 aromatic carbocycles. The van der Waals surface area contributed by atoms with E-state index in [1.807, 2.05) is 12.1 Å². The van der Waals surface area contributed by atoms with Gasteiger partial charge < -0.3 is 4.74 Å². The van der Waals surface area contributed by atoms with Crippen molar-refractivity contribution < 1.29 is 19.2 Å². The minimum absolute atomic E-state index is 0.0321. The van der Waals surface area contributed by atoms with Gasteiger partial charge >= 0.3 is 5.97 Å². The van der Waals surface area contributed by atoms with Crippen molar-refractivity contribution in [2.45, 2.75) is 45.6 Å². The molecule has 6 nitrogen and oxygen atoms in total. The molecule has 1 atom stereocenters. The lowest BCUT2D eigenvalue weighted by Crippen LogP contribution is -2.47. The number of esters is 1. The summed E-state index contributed by atoms with van der Waals surface area (Å²) >= 11 is 0. The van der Waals surface area contributed by atoms with Gasteiger partial charge in [0, 0.05) is 17.7 Å². The van der Waals surface area contributed by atoms with Gasteiger partial charge in [-0.05, 0) is 51.2 Å². The summed E-state index contributed by atoms with van der Waals surface area (Å²) in [6.45, 7) is 5.31. The highest BCUT2D eigenvalue weighted by Gasteiger charge is 2.50. The van der Waals surface area contributed by atoms with Crippen LogP contribution in [-0.2, 0) is 22.4 Å². The second-order valence-corrected chi connectivity index (χ2v) is 8.17. The van der Waals surface area contributed by atoms with E-state index >= 15 is 0 Å². The van der Waals surface area contributed by atoms with Gasteiger partial charge in [0.25, 0.3) is 5.69 Å². The Labute approximate surface area is 163 Å². The molecule has 0 bridgehead atoms. The second-order valence-electron chi connectivity index (χ2n) is 8.17. The average Bonchev–Trinajstić information content (AvgIpc) is 2.63. The number of fused-ring (bicyclic) bond motifs is 1. The Bertz CT molecular complexity index is 927. The first-order chi connectivity index (χ1) is 13.1. The van der Waals surface area contributed by atoms with Gasteiger partial charge in [0.2, 0.25) is 0 Å². The highest BCUT2D eigenvalue weighted by molar-refractivity contribution is 6.14. The average molecular weight is 381 g/mol. The van der Waals surface area contributed by atoms with Crippen LogP contribution in [0.1, 0.15) is 48.7 Å². The number of nitro benzene ring substituents is 1. The molecular weight excluding hydrogens is 358 g/mol. The van der Waals surface area contributed by atoms with Crippen LogP contribution in [0.15, 0.2) is 48.5 Å². The first-order valence-electron chi connectivity index (χ1n) is 9.22. The summed E-state index contributed by atoms with van der Waals surface area (Å²) in [5.41, 5.74) is 0.0608. The molecule has 1 aliphatic carbocycles. The van der Waals surface area contributed by atoms with Gasteiger partial charge in [0.05, 0.1) is 4.92 Å². The van der Waals surface area contributed by atoms with Crippen molar-refractivity contribution in [3.8, 4) is 0 Å². The minimum Gasteiger partial charge on any atom is -0.459 e. The number of non-ortho nitro benzene ring substituents is 1. The van der Waals surface area contributed by atoms with Crippen molar-refractivity contribution in [1.82, 2.24) is 0 Å². The molecule has 0 saturated heterocycles. The van der Waals surface area contributed by atoms with Gasteiger partial charge in [-0.2, -0.15) is 0 Å². The van der Waals surface area contributed by atoms with Crippen molar-refractivity contribution >= 4 is 17.4 Å². The zero-order chi connectivity index (χ0) is 20.5. The number of nitrogens with zero attached hydrogens (tertiary/aromatic N) is 1. The molecule has 0 unspecified atom stereocenters. The van der Waals surface area contributed by atoms with Crippen molar-refractivity contribution in [2.24, 2.45) is 5.41 Å². The Morgan fingerprint density at radius 1 is 1.14 bits per heavy atom. The molecule has 6 heteroatoms. The largest absolute Gasteiger partial charge is 0.459 e. The fourth-order valence-electron chi connectivity index (χ4n) is 3.57. The first-order valence-corrected chi connectivity index (χ1v) is 9.22. The number of carbonyl (C=O) groups is 2. The first kappa shape index (κ1) is 19.7. The number of nitro groups is 1. The number of hydrogen-bond donors (Lipinski definition) is 0. The fraction of sp³-hybridized carbons (Fsp3) is 0.364. The molecule has 0 N–H and O–H groups in total. The predicted molar refractivity (Wildman–Crippen MR) is 104 cm³/mol. The molecule has 0 aromatic heterocycles. The summed E-state index contributed by atoms with van der Waals surface area (Å²) in [5.74, 6) is -0.792. The molecule has 0 heterocycles. The molecule has 1 aliphatic rings. The molecule has 0 spiro atoms. The van der Waals surface area contributed by atoms with E-state index in [9.17, 15) is 19.7 Å². The van der Waals surface area contributed by atoms with Crippen LogP contribution in [-0.4, -0.2) is 22.3 Å². The number of aryl methyl sites for hydroxylation is 1. The van der Waals surface area contributed by atoms with E-state index in [2.05, 4.69) is 0 Å². The van der Waals surface area contributed by atoms with Gasteiger partial charge in [0.15, 0.2) is 5.78 Å². The summed E-state index contributed by atoms with van der Waals surface area (Å²) < 4.78 is 5.63.